The molecule has 0 spiro atoms. The second-order valence-electron chi connectivity index (χ2n) is 6.26. The van der Waals surface area contributed by atoms with Gasteiger partial charge in [0.15, 0.2) is 5.96 Å². The second-order valence-corrected chi connectivity index (χ2v) is 6.26. The van der Waals surface area contributed by atoms with Crippen LogP contribution in [0.3, 0.4) is 0 Å². The zero-order valence-corrected chi connectivity index (χ0v) is 19.2. The van der Waals surface area contributed by atoms with Crippen molar-refractivity contribution < 1.29 is 14.2 Å². The minimum absolute atomic E-state index is 0. The predicted octanol–water partition coefficient (Wildman–Crippen LogP) is 2.05. The summed E-state index contributed by atoms with van der Waals surface area (Å²) < 4.78 is 15.9. The van der Waals surface area contributed by atoms with E-state index >= 15 is 0 Å². The van der Waals surface area contributed by atoms with Gasteiger partial charge >= 0.3 is 0 Å². The molecular weight excluding hydrogens is 459 g/mol. The normalized spacial score (nSPS) is 15.3. The molecule has 7 nitrogen and oxygen atoms in total. The smallest absolute Gasteiger partial charge is 0.193 e. The molecule has 0 saturated carbocycles. The maximum absolute atomic E-state index is 5.50. The lowest BCUT2D eigenvalue weighted by molar-refractivity contribution is 0.170. The number of hydrogen-bond acceptors (Lipinski definition) is 5. The van der Waals surface area contributed by atoms with Crippen molar-refractivity contribution in [2.75, 3.05) is 67.7 Å². The van der Waals surface area contributed by atoms with Gasteiger partial charge in [0.05, 0.1) is 14.2 Å². The van der Waals surface area contributed by atoms with Crippen LogP contribution in [-0.2, 0) is 11.3 Å². The molecule has 1 heterocycles. The summed E-state index contributed by atoms with van der Waals surface area (Å²) in [4.78, 5) is 9.15. The molecule has 1 fully saturated rings. The van der Waals surface area contributed by atoms with Gasteiger partial charge in [-0.15, -0.1) is 24.0 Å². The van der Waals surface area contributed by atoms with Crippen LogP contribution in [0, 0.1) is 0 Å². The molecular formula is C19H33IN4O3. The molecule has 1 N–H and O–H groups in total. The van der Waals surface area contributed by atoms with Gasteiger partial charge in [-0.25, -0.2) is 0 Å². The van der Waals surface area contributed by atoms with Gasteiger partial charge < -0.3 is 24.4 Å². The molecule has 27 heavy (non-hydrogen) atoms. The maximum Gasteiger partial charge on any atom is 0.193 e. The van der Waals surface area contributed by atoms with Crippen molar-refractivity contribution in [2.24, 2.45) is 4.99 Å². The quantitative estimate of drug-likeness (QED) is 0.260. The Morgan fingerprint density at radius 3 is 2.44 bits per heavy atom. The molecule has 0 aromatic heterocycles. The summed E-state index contributed by atoms with van der Waals surface area (Å²) in [6.07, 6.45) is 0.977. The van der Waals surface area contributed by atoms with E-state index in [1.54, 1.807) is 21.3 Å². The Bertz CT molecular complexity index is 578. The van der Waals surface area contributed by atoms with Crippen molar-refractivity contribution >= 4 is 29.9 Å². The van der Waals surface area contributed by atoms with Crippen LogP contribution in [-0.4, -0.2) is 83.5 Å². The van der Waals surface area contributed by atoms with Gasteiger partial charge in [0.25, 0.3) is 0 Å². The number of methoxy groups -OCH3 is 3. The van der Waals surface area contributed by atoms with Gasteiger partial charge in [-0.3, -0.25) is 9.89 Å². The molecule has 1 aliphatic rings. The van der Waals surface area contributed by atoms with Crippen LogP contribution in [0.5, 0.6) is 11.5 Å². The van der Waals surface area contributed by atoms with Crippen LogP contribution in [0.2, 0.25) is 0 Å². The molecule has 1 aromatic carbocycles. The number of rotatable bonds is 8. The van der Waals surface area contributed by atoms with Gasteiger partial charge in [0.2, 0.25) is 0 Å². The van der Waals surface area contributed by atoms with Crippen molar-refractivity contribution in [2.45, 2.75) is 13.0 Å². The molecule has 2 rings (SSSR count). The number of nitrogens with zero attached hydrogens (tertiary/aromatic N) is 3. The first-order chi connectivity index (χ1) is 12.7. The SMILES string of the molecule is CN=C(NCCCOC)N1CCN(Cc2cc(OC)ccc2OC)CC1.I. The van der Waals surface area contributed by atoms with E-state index in [2.05, 4.69) is 26.2 Å². The van der Waals surface area contributed by atoms with Gasteiger partial charge in [-0.2, -0.15) is 0 Å². The lowest BCUT2D eigenvalue weighted by Crippen LogP contribution is -2.52. The van der Waals surface area contributed by atoms with Crippen molar-refractivity contribution in [1.82, 2.24) is 15.1 Å². The Morgan fingerprint density at radius 2 is 1.85 bits per heavy atom. The number of benzene rings is 1. The monoisotopic (exact) mass is 492 g/mol. The molecule has 154 valence electrons. The molecule has 0 atom stereocenters. The number of guanidine groups is 1. The highest BCUT2D eigenvalue weighted by Gasteiger charge is 2.20. The lowest BCUT2D eigenvalue weighted by atomic mass is 10.1. The van der Waals surface area contributed by atoms with Crippen LogP contribution >= 0.6 is 24.0 Å². The molecule has 0 amide bonds. The summed E-state index contributed by atoms with van der Waals surface area (Å²) >= 11 is 0. The fourth-order valence-corrected chi connectivity index (χ4v) is 3.11. The van der Waals surface area contributed by atoms with E-state index in [-0.39, 0.29) is 24.0 Å². The van der Waals surface area contributed by atoms with Crippen LogP contribution in [0.25, 0.3) is 0 Å². The summed E-state index contributed by atoms with van der Waals surface area (Å²) in [5.41, 5.74) is 1.15. The van der Waals surface area contributed by atoms with E-state index in [9.17, 15) is 0 Å². The van der Waals surface area contributed by atoms with Gasteiger partial charge in [0, 0.05) is 65.6 Å². The predicted molar refractivity (Wildman–Crippen MR) is 120 cm³/mol. The van der Waals surface area contributed by atoms with E-state index < -0.39 is 0 Å². The second kappa shape index (κ2) is 13.0. The van der Waals surface area contributed by atoms with Crippen molar-refractivity contribution in [3.63, 3.8) is 0 Å². The number of hydrogen-bond donors (Lipinski definition) is 1. The van der Waals surface area contributed by atoms with E-state index in [1.165, 1.54) is 0 Å². The summed E-state index contributed by atoms with van der Waals surface area (Å²) in [6, 6.07) is 5.96. The van der Waals surface area contributed by atoms with Crippen LogP contribution in [0.1, 0.15) is 12.0 Å². The largest absolute Gasteiger partial charge is 0.497 e. The third-order valence-corrected chi connectivity index (χ3v) is 4.57. The summed E-state index contributed by atoms with van der Waals surface area (Å²) in [5, 5.41) is 3.41. The molecule has 0 bridgehead atoms. The Hall–Kier alpha value is -1.26. The standard InChI is InChI=1S/C19H32N4O3.HI/c1-20-19(21-8-5-13-24-2)23-11-9-22(10-12-23)15-16-14-17(25-3)6-7-18(16)26-4;/h6-7,14H,5,8-13,15H2,1-4H3,(H,20,21);1H. The fourth-order valence-electron chi connectivity index (χ4n) is 3.11. The van der Waals surface area contributed by atoms with Crippen LogP contribution in [0.4, 0.5) is 0 Å². The van der Waals surface area contributed by atoms with Gasteiger partial charge in [-0.05, 0) is 24.6 Å². The van der Waals surface area contributed by atoms with Crippen LogP contribution < -0.4 is 14.8 Å². The molecule has 0 unspecified atom stereocenters. The lowest BCUT2D eigenvalue weighted by Gasteiger charge is -2.36. The zero-order valence-electron chi connectivity index (χ0n) is 16.9. The maximum atomic E-state index is 5.50. The third kappa shape index (κ3) is 7.34. The molecule has 1 saturated heterocycles. The molecule has 0 radical (unpaired) electrons. The minimum Gasteiger partial charge on any atom is -0.497 e. The highest BCUT2D eigenvalue weighted by molar-refractivity contribution is 14.0. The number of halogens is 1. The Balaban J connectivity index is 0.00000364. The number of nitrogens with one attached hydrogen (secondary N) is 1. The van der Waals surface area contributed by atoms with E-state index in [0.717, 1.165) is 75.3 Å². The van der Waals surface area contributed by atoms with Crippen LogP contribution in [0.15, 0.2) is 23.2 Å². The highest BCUT2D eigenvalue weighted by atomic mass is 127. The molecule has 1 aromatic rings. The molecule has 8 heteroatoms. The van der Waals surface area contributed by atoms with Gasteiger partial charge in [0.1, 0.15) is 11.5 Å². The number of ether oxygens (including phenoxy) is 3. The Morgan fingerprint density at radius 1 is 1.11 bits per heavy atom. The third-order valence-electron chi connectivity index (χ3n) is 4.57. The van der Waals surface area contributed by atoms with Crippen molar-refractivity contribution in [3.8, 4) is 11.5 Å². The summed E-state index contributed by atoms with van der Waals surface area (Å²) in [7, 11) is 6.97. The van der Waals surface area contributed by atoms with E-state index in [4.69, 9.17) is 14.2 Å². The number of aliphatic imine (C=N–C) groups is 1. The van der Waals surface area contributed by atoms with E-state index in [1.807, 2.05) is 19.2 Å². The average Bonchev–Trinajstić information content (AvgIpc) is 2.69. The fraction of sp³-hybridized carbons (Fsp3) is 0.632. The van der Waals surface area contributed by atoms with Crippen molar-refractivity contribution in [1.29, 1.82) is 0 Å². The first-order valence-corrected chi connectivity index (χ1v) is 9.09. The topological polar surface area (TPSA) is 58.6 Å². The number of piperazine rings is 1. The first kappa shape index (κ1) is 23.8. The van der Waals surface area contributed by atoms with E-state index in [0.29, 0.717) is 0 Å². The first-order valence-electron chi connectivity index (χ1n) is 9.09. The zero-order chi connectivity index (χ0) is 18.8. The van der Waals surface area contributed by atoms with Crippen molar-refractivity contribution in [3.05, 3.63) is 23.8 Å². The molecule has 0 aliphatic carbocycles. The highest BCUT2D eigenvalue weighted by Crippen LogP contribution is 2.25. The Labute approximate surface area is 180 Å². The summed E-state index contributed by atoms with van der Waals surface area (Å²) in [5.74, 6) is 2.74. The summed E-state index contributed by atoms with van der Waals surface area (Å²) in [6.45, 7) is 6.38. The van der Waals surface area contributed by atoms with Gasteiger partial charge in [-0.1, -0.05) is 0 Å². The average molecular weight is 492 g/mol. The minimum atomic E-state index is 0. The Kier molecular flexibility index (Phi) is 11.5. The molecule has 1 aliphatic heterocycles.